The number of rotatable bonds is 2. The summed E-state index contributed by atoms with van der Waals surface area (Å²) in [6.45, 7) is -0.0932. The molecule has 0 aliphatic heterocycles. The zero-order valence-corrected chi connectivity index (χ0v) is 7.12. The lowest BCUT2D eigenvalue weighted by molar-refractivity contribution is 0.368. The van der Waals surface area contributed by atoms with Crippen LogP contribution in [-0.2, 0) is 14.3 Å². The lowest BCUT2D eigenvalue weighted by Gasteiger charge is -1.90. The van der Waals surface area contributed by atoms with Gasteiger partial charge in [0.05, 0.1) is 6.26 Å². The normalized spacial score (nSPS) is 10.0. The van der Waals surface area contributed by atoms with Crippen molar-refractivity contribution in [3.05, 3.63) is 0 Å². The van der Waals surface area contributed by atoms with Crippen molar-refractivity contribution >= 4 is 26.0 Å². The molecule has 0 amide bonds. The predicted octanol–water partition coefficient (Wildman–Crippen LogP) is 0.318. The van der Waals surface area contributed by atoms with Crippen molar-refractivity contribution in [3.63, 3.8) is 0 Å². The second-order valence-corrected chi connectivity index (χ2v) is 3.28. The Hall–Kier alpha value is -0.0500. The van der Waals surface area contributed by atoms with Gasteiger partial charge in [-0.15, -0.1) is 0 Å². The standard InChI is InChI=1S/C4H5BrO3S/c1-9(6,7)8-4-2-3-5/h4H2,1H3. The Morgan fingerprint density at radius 3 is 2.56 bits per heavy atom. The van der Waals surface area contributed by atoms with E-state index < -0.39 is 10.1 Å². The summed E-state index contributed by atoms with van der Waals surface area (Å²) in [7, 11) is -3.32. The van der Waals surface area contributed by atoms with Gasteiger partial charge in [0, 0.05) is 15.9 Å². The zero-order chi connectivity index (χ0) is 7.33. The molecule has 0 saturated heterocycles. The average Bonchev–Trinajstić information content (AvgIpc) is 1.63. The van der Waals surface area contributed by atoms with E-state index >= 15 is 0 Å². The van der Waals surface area contributed by atoms with Crippen LogP contribution >= 0.6 is 15.9 Å². The van der Waals surface area contributed by atoms with Gasteiger partial charge >= 0.3 is 0 Å². The first-order valence-corrected chi connectivity index (χ1v) is 4.60. The topological polar surface area (TPSA) is 43.4 Å². The summed E-state index contributed by atoms with van der Waals surface area (Å²) in [5, 5.41) is 0. The van der Waals surface area contributed by atoms with Crippen LogP contribution in [0.5, 0.6) is 0 Å². The fourth-order valence-electron chi connectivity index (χ4n) is 0.164. The van der Waals surface area contributed by atoms with Crippen LogP contribution in [0.1, 0.15) is 0 Å². The molecule has 0 radical (unpaired) electrons. The van der Waals surface area contributed by atoms with E-state index in [9.17, 15) is 8.42 Å². The molecule has 0 aromatic carbocycles. The minimum Gasteiger partial charge on any atom is -0.257 e. The first kappa shape index (κ1) is 8.95. The Labute approximate surface area is 62.6 Å². The predicted molar refractivity (Wildman–Crippen MR) is 37.5 cm³/mol. The smallest absolute Gasteiger partial charge is 0.257 e. The van der Waals surface area contributed by atoms with Gasteiger partial charge in [-0.3, -0.25) is 4.18 Å². The number of halogens is 1. The molecule has 0 aliphatic carbocycles. The molecule has 3 nitrogen and oxygen atoms in total. The summed E-state index contributed by atoms with van der Waals surface area (Å²) in [6.07, 6.45) is 0.975. The van der Waals surface area contributed by atoms with Gasteiger partial charge in [0.25, 0.3) is 10.1 Å². The van der Waals surface area contributed by atoms with Crippen LogP contribution in [-0.4, -0.2) is 21.3 Å². The van der Waals surface area contributed by atoms with Crippen molar-refractivity contribution in [2.24, 2.45) is 0 Å². The minimum absolute atomic E-state index is 0.0932. The minimum atomic E-state index is -3.32. The Balaban J connectivity index is 3.62. The molecule has 0 saturated carbocycles. The quantitative estimate of drug-likeness (QED) is 0.490. The summed E-state index contributed by atoms with van der Waals surface area (Å²) < 4.78 is 24.6. The van der Waals surface area contributed by atoms with Crippen LogP contribution < -0.4 is 0 Å². The molecule has 9 heavy (non-hydrogen) atoms. The summed E-state index contributed by atoms with van der Waals surface area (Å²) in [5.41, 5.74) is 0. The van der Waals surface area contributed by atoms with Gasteiger partial charge in [0.15, 0.2) is 0 Å². The third-order valence-corrected chi connectivity index (χ3v) is 1.24. The molecule has 0 heterocycles. The molecule has 0 aromatic rings. The van der Waals surface area contributed by atoms with Crippen molar-refractivity contribution < 1.29 is 12.6 Å². The largest absolute Gasteiger partial charge is 0.265 e. The SMILES string of the molecule is CS(=O)(=O)OCC#CBr. The summed E-state index contributed by atoms with van der Waals surface area (Å²) in [5.74, 6) is 2.37. The molecule has 0 fully saturated rings. The van der Waals surface area contributed by atoms with Crippen LogP contribution in [0.25, 0.3) is 0 Å². The third-order valence-electron chi connectivity index (χ3n) is 0.412. The highest BCUT2D eigenvalue weighted by molar-refractivity contribution is 9.12. The first-order chi connectivity index (χ1) is 4.06. The second-order valence-electron chi connectivity index (χ2n) is 1.24. The van der Waals surface area contributed by atoms with E-state index in [4.69, 9.17) is 0 Å². The zero-order valence-electron chi connectivity index (χ0n) is 4.72. The Bertz CT molecular complexity index is 220. The maximum absolute atomic E-state index is 10.2. The molecule has 0 spiro atoms. The fourth-order valence-corrected chi connectivity index (χ4v) is 0.551. The Morgan fingerprint density at radius 2 is 2.22 bits per heavy atom. The highest BCUT2D eigenvalue weighted by Gasteiger charge is 1.96. The summed E-state index contributed by atoms with van der Waals surface area (Å²) in [6, 6.07) is 0. The van der Waals surface area contributed by atoms with Crippen LogP contribution in [0, 0.1) is 10.8 Å². The average molecular weight is 213 g/mol. The molecule has 0 rings (SSSR count). The molecule has 0 N–H and O–H groups in total. The van der Waals surface area contributed by atoms with E-state index in [-0.39, 0.29) is 6.61 Å². The van der Waals surface area contributed by atoms with E-state index in [2.05, 4.69) is 30.9 Å². The Morgan fingerprint density at radius 1 is 1.67 bits per heavy atom. The van der Waals surface area contributed by atoms with E-state index in [1.54, 1.807) is 0 Å². The highest BCUT2D eigenvalue weighted by atomic mass is 79.9. The molecule has 52 valence electrons. The third kappa shape index (κ3) is 7.95. The van der Waals surface area contributed by atoms with Gasteiger partial charge in [0.1, 0.15) is 6.61 Å². The highest BCUT2D eigenvalue weighted by Crippen LogP contribution is 1.83. The van der Waals surface area contributed by atoms with Crippen molar-refractivity contribution in [2.45, 2.75) is 0 Å². The summed E-state index contributed by atoms with van der Waals surface area (Å²) in [4.78, 5) is 2.31. The summed E-state index contributed by atoms with van der Waals surface area (Å²) >= 11 is 2.78. The number of hydrogen-bond donors (Lipinski definition) is 0. The lowest BCUT2D eigenvalue weighted by atomic mass is 10.8. The Kier molecular flexibility index (Phi) is 3.86. The van der Waals surface area contributed by atoms with Crippen LogP contribution in [0.2, 0.25) is 0 Å². The lowest BCUT2D eigenvalue weighted by Crippen LogP contribution is -2.01. The van der Waals surface area contributed by atoms with Crippen molar-refractivity contribution in [1.29, 1.82) is 0 Å². The van der Waals surface area contributed by atoms with E-state index in [0.29, 0.717) is 0 Å². The van der Waals surface area contributed by atoms with Crippen molar-refractivity contribution in [3.8, 4) is 10.8 Å². The number of hydrogen-bond acceptors (Lipinski definition) is 3. The maximum Gasteiger partial charge on any atom is 0.265 e. The van der Waals surface area contributed by atoms with E-state index in [0.717, 1.165) is 6.26 Å². The van der Waals surface area contributed by atoms with Gasteiger partial charge in [0.2, 0.25) is 0 Å². The molecular formula is C4H5BrO3S. The molecule has 0 atom stereocenters. The van der Waals surface area contributed by atoms with Crippen molar-refractivity contribution in [2.75, 3.05) is 12.9 Å². The molecule has 0 bridgehead atoms. The van der Waals surface area contributed by atoms with E-state index in [1.807, 2.05) is 0 Å². The second kappa shape index (κ2) is 3.88. The van der Waals surface area contributed by atoms with Crippen LogP contribution in [0.4, 0.5) is 0 Å². The molecular weight excluding hydrogens is 208 g/mol. The first-order valence-electron chi connectivity index (χ1n) is 1.99. The monoisotopic (exact) mass is 212 g/mol. The van der Waals surface area contributed by atoms with Gasteiger partial charge in [-0.05, 0) is 4.83 Å². The van der Waals surface area contributed by atoms with Crippen LogP contribution in [0.3, 0.4) is 0 Å². The van der Waals surface area contributed by atoms with Crippen LogP contribution in [0.15, 0.2) is 0 Å². The molecule has 5 heteroatoms. The van der Waals surface area contributed by atoms with E-state index in [1.165, 1.54) is 0 Å². The molecule has 0 unspecified atom stereocenters. The van der Waals surface area contributed by atoms with Gasteiger partial charge < -0.3 is 0 Å². The van der Waals surface area contributed by atoms with Gasteiger partial charge in [-0.1, -0.05) is 5.92 Å². The van der Waals surface area contributed by atoms with Gasteiger partial charge in [-0.25, -0.2) is 0 Å². The molecule has 0 aromatic heterocycles. The maximum atomic E-state index is 10.2. The van der Waals surface area contributed by atoms with Crippen molar-refractivity contribution in [1.82, 2.24) is 0 Å². The molecule has 0 aliphatic rings. The van der Waals surface area contributed by atoms with Gasteiger partial charge in [-0.2, -0.15) is 8.42 Å². The fraction of sp³-hybridized carbons (Fsp3) is 0.500.